The molecule has 232 valence electrons. The van der Waals surface area contributed by atoms with Gasteiger partial charge >= 0.3 is 23.9 Å². The Morgan fingerprint density at radius 2 is 1.41 bits per heavy atom. The highest BCUT2D eigenvalue weighted by Gasteiger charge is 2.42. The molecule has 4 atom stereocenters. The number of fused-ring (bicyclic) bond motifs is 1. The van der Waals surface area contributed by atoms with Crippen molar-refractivity contribution >= 4 is 47.5 Å². The van der Waals surface area contributed by atoms with Gasteiger partial charge in [-0.3, -0.25) is 28.9 Å². The lowest BCUT2D eigenvalue weighted by atomic mass is 10.0. The molecule has 4 amide bonds. The summed E-state index contributed by atoms with van der Waals surface area (Å²) in [5.74, 6) is -3.08. The molecule has 0 aliphatic carbocycles. The molecule has 4 unspecified atom stereocenters. The van der Waals surface area contributed by atoms with Crippen molar-refractivity contribution in [1.82, 2.24) is 26.2 Å². The minimum Gasteiger partial charge on any atom is -0.480 e. The van der Waals surface area contributed by atoms with Crippen LogP contribution in [0.15, 0.2) is 0 Å². The van der Waals surface area contributed by atoms with Gasteiger partial charge in [0.15, 0.2) is 0 Å². The first-order valence-corrected chi connectivity index (χ1v) is 15.2. The minimum absolute atomic E-state index is 0.0229. The summed E-state index contributed by atoms with van der Waals surface area (Å²) in [4.78, 5) is 69.8. The Hall–Kier alpha value is -3.07. The van der Waals surface area contributed by atoms with E-state index in [1.54, 1.807) is 0 Å². The number of carboxylic acid groups (broad SMARTS) is 3. The van der Waals surface area contributed by atoms with Crippen LogP contribution in [0.4, 0.5) is 4.79 Å². The Balaban J connectivity index is 1.45. The number of nitrogens with one attached hydrogen (secondary N) is 4. The molecular weight excluding hydrogens is 558 g/mol. The standard InChI is InChI=1S/C26H43N5O9S/c32-20(28-13-7-5-8-18(25(38)39)31(14-22(34)35)15-23(36)37)10-2-1-6-12-27-21(33)11-4-3-9-19-24-17(16-41-19)29-26(40)30-24/h17-19,24H,1-16H2,(H,27,33)(H,28,32)(H,34,35)(H,36,37)(H,38,39)(H2,29,30,40). The molecule has 2 fully saturated rings. The van der Waals surface area contributed by atoms with E-state index >= 15 is 0 Å². The zero-order valence-electron chi connectivity index (χ0n) is 23.3. The number of urea groups is 1. The highest BCUT2D eigenvalue weighted by molar-refractivity contribution is 8.00. The molecule has 2 rings (SSSR count). The molecule has 2 aliphatic heterocycles. The highest BCUT2D eigenvalue weighted by atomic mass is 32.2. The van der Waals surface area contributed by atoms with Gasteiger partial charge in [-0.05, 0) is 44.9 Å². The molecular formula is C26H43N5O9S. The maximum absolute atomic E-state index is 12.1. The van der Waals surface area contributed by atoms with Crippen LogP contribution in [0.5, 0.6) is 0 Å². The number of carboxylic acids is 3. The maximum atomic E-state index is 12.1. The molecule has 0 aromatic rings. The molecule has 0 aromatic carbocycles. The van der Waals surface area contributed by atoms with E-state index in [1.165, 1.54) is 0 Å². The fourth-order valence-electron chi connectivity index (χ4n) is 5.04. The number of thioether (sulfide) groups is 1. The van der Waals surface area contributed by atoms with Crippen LogP contribution in [0.25, 0.3) is 0 Å². The predicted octanol–water partition coefficient (Wildman–Crippen LogP) is 0.600. The van der Waals surface area contributed by atoms with Gasteiger partial charge in [0, 0.05) is 36.9 Å². The van der Waals surface area contributed by atoms with Crippen LogP contribution in [-0.2, 0) is 24.0 Å². The first kappa shape index (κ1) is 34.1. The summed E-state index contributed by atoms with van der Waals surface area (Å²) in [6.07, 6.45) is 6.69. The van der Waals surface area contributed by atoms with Gasteiger partial charge in [-0.1, -0.05) is 12.8 Å². The van der Waals surface area contributed by atoms with Crippen LogP contribution in [-0.4, -0.2) is 111 Å². The third-order valence-corrected chi connectivity index (χ3v) is 8.62. The Labute approximate surface area is 243 Å². The molecule has 0 saturated carbocycles. The van der Waals surface area contributed by atoms with Crippen molar-refractivity contribution in [1.29, 1.82) is 0 Å². The molecule has 7 N–H and O–H groups in total. The number of carbonyl (C=O) groups is 6. The van der Waals surface area contributed by atoms with Crippen molar-refractivity contribution in [3.63, 3.8) is 0 Å². The Morgan fingerprint density at radius 1 is 0.829 bits per heavy atom. The van der Waals surface area contributed by atoms with Gasteiger partial charge in [-0.15, -0.1) is 0 Å². The number of nitrogens with zero attached hydrogens (tertiary/aromatic N) is 1. The third kappa shape index (κ3) is 13.4. The van der Waals surface area contributed by atoms with Crippen LogP contribution in [0, 0.1) is 0 Å². The predicted molar refractivity (Wildman–Crippen MR) is 151 cm³/mol. The average Bonchev–Trinajstić information content (AvgIpc) is 3.44. The maximum Gasteiger partial charge on any atom is 0.320 e. The monoisotopic (exact) mass is 601 g/mol. The number of rotatable bonds is 22. The number of carbonyl (C=O) groups excluding carboxylic acids is 3. The van der Waals surface area contributed by atoms with Gasteiger partial charge in [-0.25, -0.2) is 4.79 Å². The van der Waals surface area contributed by atoms with Gasteiger partial charge < -0.3 is 36.6 Å². The van der Waals surface area contributed by atoms with Gasteiger partial charge in [0.25, 0.3) is 0 Å². The SMILES string of the molecule is O=C(O)CN(CC(=O)O)C(CCCCNC(=O)CCCCCNC(=O)CCCCC1SCC2NC(=O)NC21)C(=O)O. The van der Waals surface area contributed by atoms with Crippen molar-refractivity contribution in [3.05, 3.63) is 0 Å². The van der Waals surface area contributed by atoms with Crippen molar-refractivity contribution in [2.75, 3.05) is 31.9 Å². The lowest BCUT2D eigenvalue weighted by Crippen LogP contribution is -2.46. The van der Waals surface area contributed by atoms with Crippen LogP contribution < -0.4 is 21.3 Å². The van der Waals surface area contributed by atoms with E-state index < -0.39 is 37.0 Å². The first-order chi connectivity index (χ1) is 19.6. The van der Waals surface area contributed by atoms with Crippen molar-refractivity contribution < 1.29 is 44.1 Å². The molecule has 0 aromatic heterocycles. The Bertz CT molecular complexity index is 906. The lowest BCUT2D eigenvalue weighted by Gasteiger charge is -2.25. The molecule has 0 radical (unpaired) electrons. The summed E-state index contributed by atoms with van der Waals surface area (Å²) in [5, 5.41) is 39.2. The fraction of sp³-hybridized carbons (Fsp3) is 0.769. The zero-order valence-corrected chi connectivity index (χ0v) is 24.1. The average molecular weight is 602 g/mol. The number of hydrogen-bond donors (Lipinski definition) is 7. The summed E-state index contributed by atoms with van der Waals surface area (Å²) in [5.41, 5.74) is 0. The first-order valence-electron chi connectivity index (χ1n) is 14.2. The number of unbranched alkanes of at least 4 members (excludes halogenated alkanes) is 4. The summed E-state index contributed by atoms with van der Waals surface area (Å²) >= 11 is 1.87. The topological polar surface area (TPSA) is 214 Å². The van der Waals surface area contributed by atoms with E-state index in [0.717, 1.165) is 42.8 Å². The molecule has 41 heavy (non-hydrogen) atoms. The van der Waals surface area contributed by atoms with E-state index in [-0.39, 0.29) is 36.3 Å². The summed E-state index contributed by atoms with van der Waals surface area (Å²) < 4.78 is 0. The van der Waals surface area contributed by atoms with Gasteiger partial charge in [-0.2, -0.15) is 11.8 Å². The number of amides is 4. The molecule has 14 nitrogen and oxygen atoms in total. The second-order valence-electron chi connectivity index (χ2n) is 10.4. The third-order valence-electron chi connectivity index (χ3n) is 7.11. The van der Waals surface area contributed by atoms with E-state index in [9.17, 15) is 33.9 Å². The molecule has 0 spiro atoms. The molecule has 0 bridgehead atoms. The lowest BCUT2D eigenvalue weighted by molar-refractivity contribution is -0.149. The fourth-order valence-corrected chi connectivity index (χ4v) is 6.59. The Morgan fingerprint density at radius 3 is 2.00 bits per heavy atom. The van der Waals surface area contributed by atoms with Gasteiger partial charge in [0.2, 0.25) is 11.8 Å². The van der Waals surface area contributed by atoms with Crippen LogP contribution in [0.2, 0.25) is 0 Å². The van der Waals surface area contributed by atoms with E-state index in [4.69, 9.17) is 10.2 Å². The second kappa shape index (κ2) is 18.4. The van der Waals surface area contributed by atoms with Crippen molar-refractivity contribution in [2.45, 2.75) is 94.0 Å². The number of hydrogen-bond acceptors (Lipinski definition) is 8. The Kier molecular flexibility index (Phi) is 15.3. The van der Waals surface area contributed by atoms with E-state index in [1.807, 2.05) is 11.8 Å². The van der Waals surface area contributed by atoms with Crippen LogP contribution in [0.1, 0.15) is 70.6 Å². The van der Waals surface area contributed by atoms with Crippen molar-refractivity contribution in [2.24, 2.45) is 0 Å². The molecule has 2 aliphatic rings. The smallest absolute Gasteiger partial charge is 0.320 e. The minimum atomic E-state index is -1.31. The number of aliphatic carboxylic acids is 3. The molecule has 15 heteroatoms. The van der Waals surface area contributed by atoms with E-state index in [2.05, 4.69) is 21.3 Å². The summed E-state index contributed by atoms with van der Waals surface area (Å²) in [6.45, 7) is -0.479. The normalized spacial score (nSPS) is 20.1. The summed E-state index contributed by atoms with van der Waals surface area (Å²) in [7, 11) is 0. The van der Waals surface area contributed by atoms with Gasteiger partial charge in [0.1, 0.15) is 6.04 Å². The van der Waals surface area contributed by atoms with Crippen LogP contribution >= 0.6 is 11.8 Å². The second-order valence-corrected chi connectivity index (χ2v) is 11.7. The molecule has 2 saturated heterocycles. The van der Waals surface area contributed by atoms with E-state index in [0.29, 0.717) is 50.4 Å². The molecule has 2 heterocycles. The van der Waals surface area contributed by atoms with Gasteiger partial charge in [0.05, 0.1) is 25.2 Å². The summed E-state index contributed by atoms with van der Waals surface area (Å²) in [6, 6.07) is -0.920. The van der Waals surface area contributed by atoms with Crippen LogP contribution in [0.3, 0.4) is 0 Å². The zero-order chi connectivity index (χ0) is 30.2. The highest BCUT2D eigenvalue weighted by Crippen LogP contribution is 2.33. The van der Waals surface area contributed by atoms with Crippen molar-refractivity contribution in [3.8, 4) is 0 Å². The quantitative estimate of drug-likeness (QED) is 0.0674. The largest absolute Gasteiger partial charge is 0.480 e.